The van der Waals surface area contributed by atoms with Crippen molar-refractivity contribution in [3.8, 4) is 28.7 Å². The average molecular weight is 599 g/mol. The van der Waals surface area contributed by atoms with Gasteiger partial charge >= 0.3 is 0 Å². The van der Waals surface area contributed by atoms with Gasteiger partial charge in [0.15, 0.2) is 11.6 Å². The topological polar surface area (TPSA) is 148 Å². The van der Waals surface area contributed by atoms with E-state index in [2.05, 4.69) is 29.9 Å². The van der Waals surface area contributed by atoms with Crippen LogP contribution >= 0.6 is 11.6 Å². The van der Waals surface area contributed by atoms with Crippen LogP contribution in [0.4, 0.5) is 5.95 Å². The van der Waals surface area contributed by atoms with E-state index in [0.29, 0.717) is 45.1 Å². The van der Waals surface area contributed by atoms with Crippen molar-refractivity contribution in [1.82, 2.24) is 34.1 Å². The Morgan fingerprint density at radius 1 is 0.976 bits per heavy atom. The van der Waals surface area contributed by atoms with Crippen LogP contribution in [0.1, 0.15) is 24.5 Å². The maximum atomic E-state index is 13.8. The number of benzene rings is 1. The van der Waals surface area contributed by atoms with E-state index < -0.39 is 21.4 Å². The molecule has 2 atom stereocenters. The van der Waals surface area contributed by atoms with E-state index in [-0.39, 0.29) is 11.8 Å². The summed E-state index contributed by atoms with van der Waals surface area (Å²) in [6.45, 7) is 3.32. The maximum absolute atomic E-state index is 13.8. The lowest BCUT2D eigenvalue weighted by molar-refractivity contribution is 0.0950. The first-order valence-corrected chi connectivity index (χ1v) is 14.2. The summed E-state index contributed by atoms with van der Waals surface area (Å²) in [5.41, 5.74) is 2.32. The van der Waals surface area contributed by atoms with Gasteiger partial charge in [0.1, 0.15) is 39.9 Å². The normalized spacial score (nSPS) is 13.2. The zero-order valence-electron chi connectivity index (χ0n) is 22.8. The number of aromatic nitrogens is 7. The van der Waals surface area contributed by atoms with E-state index >= 15 is 0 Å². The van der Waals surface area contributed by atoms with Crippen molar-refractivity contribution in [2.24, 2.45) is 0 Å². The molecule has 0 aliphatic heterocycles. The Balaban J connectivity index is 1.68. The Hall–Kier alpha value is -4.27. The Bertz CT molecular complexity index is 1780. The molecule has 5 aromatic rings. The summed E-state index contributed by atoms with van der Waals surface area (Å²) in [6, 6.07) is 10.8. The molecule has 1 aromatic carbocycles. The molecule has 0 radical (unpaired) electrons. The van der Waals surface area contributed by atoms with Crippen molar-refractivity contribution < 1.29 is 22.6 Å². The van der Waals surface area contributed by atoms with E-state index in [9.17, 15) is 8.42 Å². The van der Waals surface area contributed by atoms with Crippen molar-refractivity contribution in [2.45, 2.75) is 25.2 Å². The van der Waals surface area contributed by atoms with Crippen LogP contribution in [0.25, 0.3) is 22.9 Å². The molecule has 0 saturated carbocycles. The van der Waals surface area contributed by atoms with Crippen LogP contribution in [-0.2, 0) is 14.8 Å². The summed E-state index contributed by atoms with van der Waals surface area (Å²) < 4.78 is 50.3. The van der Waals surface area contributed by atoms with Crippen molar-refractivity contribution in [1.29, 1.82) is 0 Å². The SMILES string of the molecule is COc1cccc(OC)c1-n1c(NS(=O)(=O)C(C)C(OC)c2ncc(Cl)cn2)nnc1-c1c(C)nc2ccccn12. The number of hydrogen-bond donors (Lipinski definition) is 1. The van der Waals surface area contributed by atoms with Gasteiger partial charge in [0.05, 0.1) is 24.9 Å². The van der Waals surface area contributed by atoms with Gasteiger partial charge in [-0.2, -0.15) is 0 Å². The van der Waals surface area contributed by atoms with E-state index in [1.807, 2.05) is 35.7 Å². The highest BCUT2D eigenvalue weighted by Gasteiger charge is 2.35. The molecule has 2 unspecified atom stereocenters. The minimum Gasteiger partial charge on any atom is -0.494 e. The molecule has 0 bridgehead atoms. The van der Waals surface area contributed by atoms with E-state index in [0.717, 1.165) is 0 Å². The van der Waals surface area contributed by atoms with Crippen LogP contribution in [0.5, 0.6) is 11.5 Å². The summed E-state index contributed by atoms with van der Waals surface area (Å²) in [5.74, 6) is 1.15. The number of rotatable bonds is 10. The largest absolute Gasteiger partial charge is 0.494 e. The monoisotopic (exact) mass is 598 g/mol. The second-order valence-corrected chi connectivity index (χ2v) is 11.4. The molecular formula is C26H27ClN8O5S. The van der Waals surface area contributed by atoms with Gasteiger partial charge in [0, 0.05) is 25.7 Å². The summed E-state index contributed by atoms with van der Waals surface area (Å²) in [5, 5.41) is 7.84. The number of sulfonamides is 1. The molecule has 0 aliphatic rings. The number of para-hydroxylation sites is 1. The van der Waals surface area contributed by atoms with E-state index in [1.165, 1.54) is 45.2 Å². The van der Waals surface area contributed by atoms with Gasteiger partial charge in [-0.05, 0) is 38.1 Å². The summed E-state index contributed by atoms with van der Waals surface area (Å²) in [7, 11) is 0.207. The van der Waals surface area contributed by atoms with Crippen LogP contribution in [0.15, 0.2) is 55.0 Å². The molecule has 13 nitrogen and oxygen atoms in total. The number of hydrogen-bond acceptors (Lipinski definition) is 10. The number of pyridine rings is 1. The van der Waals surface area contributed by atoms with Crippen molar-refractivity contribution in [3.05, 3.63) is 71.5 Å². The molecule has 0 saturated heterocycles. The number of halogens is 1. The number of methoxy groups -OCH3 is 3. The quantitative estimate of drug-likeness (QED) is 0.251. The second kappa shape index (κ2) is 11.3. The second-order valence-electron chi connectivity index (χ2n) is 8.94. The third-order valence-electron chi connectivity index (χ3n) is 6.50. The molecule has 5 rings (SSSR count). The smallest absolute Gasteiger partial charge is 0.243 e. The molecule has 0 fully saturated rings. The number of fused-ring (bicyclic) bond motifs is 1. The molecule has 4 heterocycles. The van der Waals surface area contributed by atoms with E-state index in [4.69, 9.17) is 25.8 Å². The summed E-state index contributed by atoms with van der Waals surface area (Å²) in [4.78, 5) is 12.9. The summed E-state index contributed by atoms with van der Waals surface area (Å²) >= 11 is 5.91. The first-order valence-electron chi connectivity index (χ1n) is 12.3. The number of imidazole rings is 1. The van der Waals surface area contributed by atoms with Gasteiger partial charge in [-0.3, -0.25) is 13.7 Å². The van der Waals surface area contributed by atoms with Crippen LogP contribution in [0, 0.1) is 6.92 Å². The van der Waals surface area contributed by atoms with Gasteiger partial charge < -0.3 is 14.2 Å². The third kappa shape index (κ3) is 5.16. The molecule has 41 heavy (non-hydrogen) atoms. The van der Waals surface area contributed by atoms with Gasteiger partial charge in [-0.15, -0.1) is 10.2 Å². The fourth-order valence-corrected chi connectivity index (χ4v) is 5.74. The van der Waals surface area contributed by atoms with Crippen LogP contribution in [0.3, 0.4) is 0 Å². The molecule has 1 N–H and O–H groups in total. The maximum Gasteiger partial charge on any atom is 0.243 e. The number of anilines is 1. The van der Waals surface area contributed by atoms with Crippen LogP contribution in [-0.4, -0.2) is 69.1 Å². The molecule has 15 heteroatoms. The summed E-state index contributed by atoms with van der Waals surface area (Å²) in [6.07, 6.45) is 3.57. The standard InChI is InChI=1S/C26H27ClN8O5S/c1-15-21(34-12-7-6-11-20(34)30-15)25-31-32-26(35(25)22-18(38-3)9-8-10-19(22)39-4)33-41(36,37)16(2)23(40-5)24-28-13-17(27)14-29-24/h6-14,16,23H,1-5H3,(H,32,33). The fourth-order valence-electron chi connectivity index (χ4n) is 4.51. The Kier molecular flexibility index (Phi) is 7.80. The molecule has 4 aromatic heterocycles. The van der Waals surface area contributed by atoms with Crippen molar-refractivity contribution >= 4 is 33.2 Å². The lowest BCUT2D eigenvalue weighted by Crippen LogP contribution is -2.33. The van der Waals surface area contributed by atoms with Gasteiger partial charge in [-0.1, -0.05) is 23.7 Å². The zero-order chi connectivity index (χ0) is 29.3. The predicted octanol–water partition coefficient (Wildman–Crippen LogP) is 3.87. The lowest BCUT2D eigenvalue weighted by Gasteiger charge is -2.23. The highest BCUT2D eigenvalue weighted by atomic mass is 35.5. The van der Waals surface area contributed by atoms with Gasteiger partial charge in [0.2, 0.25) is 16.0 Å². The Labute approximate surface area is 241 Å². The molecule has 0 aliphatic carbocycles. The highest BCUT2D eigenvalue weighted by Crippen LogP contribution is 2.39. The van der Waals surface area contributed by atoms with Gasteiger partial charge in [-0.25, -0.2) is 23.4 Å². The third-order valence-corrected chi connectivity index (χ3v) is 8.39. The minimum absolute atomic E-state index is 0.105. The van der Waals surface area contributed by atoms with Crippen molar-refractivity contribution in [2.75, 3.05) is 26.1 Å². The first-order chi connectivity index (χ1) is 19.7. The number of aryl methyl sites for hydroxylation is 1. The van der Waals surface area contributed by atoms with E-state index in [1.54, 1.807) is 18.2 Å². The minimum atomic E-state index is -4.18. The van der Waals surface area contributed by atoms with Gasteiger partial charge in [0.25, 0.3) is 0 Å². The number of nitrogens with one attached hydrogen (secondary N) is 1. The van der Waals surface area contributed by atoms with Crippen molar-refractivity contribution in [3.63, 3.8) is 0 Å². The predicted molar refractivity (Wildman–Crippen MR) is 152 cm³/mol. The first kappa shape index (κ1) is 28.3. The zero-order valence-corrected chi connectivity index (χ0v) is 24.4. The van der Waals surface area contributed by atoms with Crippen LogP contribution < -0.4 is 14.2 Å². The average Bonchev–Trinajstić information content (AvgIpc) is 3.52. The lowest BCUT2D eigenvalue weighted by atomic mass is 10.2. The van der Waals surface area contributed by atoms with Crippen LogP contribution in [0.2, 0.25) is 5.02 Å². The molecule has 214 valence electrons. The Morgan fingerprint density at radius 2 is 1.66 bits per heavy atom. The fraction of sp³-hybridized carbons (Fsp3) is 0.269. The number of nitrogens with zero attached hydrogens (tertiary/aromatic N) is 7. The molecule has 0 spiro atoms. The Morgan fingerprint density at radius 3 is 2.29 bits per heavy atom. The highest BCUT2D eigenvalue weighted by molar-refractivity contribution is 7.93. The molecule has 0 amide bonds. The number of ether oxygens (including phenoxy) is 3. The molecular weight excluding hydrogens is 572 g/mol.